The van der Waals surface area contributed by atoms with Crippen LogP contribution in [0.15, 0.2) is 16.7 Å². The Labute approximate surface area is 105 Å². The minimum Gasteiger partial charge on any atom is -0.395 e. The first kappa shape index (κ1) is 13.6. The highest BCUT2D eigenvalue weighted by atomic mass is 79.9. The summed E-state index contributed by atoms with van der Waals surface area (Å²) < 4.78 is 25.1. The van der Waals surface area contributed by atoms with Gasteiger partial charge in [-0.1, -0.05) is 11.6 Å². The van der Waals surface area contributed by atoms with Gasteiger partial charge < -0.3 is 10.0 Å². The molecule has 0 aliphatic heterocycles. The van der Waals surface area contributed by atoms with E-state index in [0.29, 0.717) is 15.3 Å². The van der Waals surface area contributed by atoms with Crippen molar-refractivity contribution in [1.82, 2.24) is 4.98 Å². The predicted octanol–water partition coefficient (Wildman–Crippen LogP) is 2.56. The third-order valence-electron chi connectivity index (χ3n) is 1.82. The van der Waals surface area contributed by atoms with Crippen molar-refractivity contribution in [3.63, 3.8) is 0 Å². The van der Waals surface area contributed by atoms with E-state index in [4.69, 9.17) is 16.7 Å². The number of aliphatic hydroxyl groups is 1. The van der Waals surface area contributed by atoms with Crippen LogP contribution in [0.25, 0.3) is 0 Å². The van der Waals surface area contributed by atoms with Gasteiger partial charge in [-0.3, -0.25) is 0 Å². The number of alkyl halides is 2. The van der Waals surface area contributed by atoms with Gasteiger partial charge >= 0.3 is 0 Å². The Morgan fingerprint density at radius 2 is 2.25 bits per heavy atom. The number of aliphatic hydroxyl groups excluding tert-OH is 1. The Kier molecular flexibility index (Phi) is 5.37. The molecule has 0 aliphatic rings. The van der Waals surface area contributed by atoms with Crippen LogP contribution in [0, 0.1) is 0 Å². The van der Waals surface area contributed by atoms with E-state index < -0.39 is 13.0 Å². The molecule has 0 saturated heterocycles. The molecule has 0 aromatic carbocycles. The molecule has 0 saturated carbocycles. The number of aromatic nitrogens is 1. The summed E-state index contributed by atoms with van der Waals surface area (Å²) in [5.74, 6) is 0.346. The van der Waals surface area contributed by atoms with Crippen LogP contribution in [0.4, 0.5) is 14.6 Å². The number of rotatable bonds is 5. The van der Waals surface area contributed by atoms with Gasteiger partial charge in [-0.15, -0.1) is 0 Å². The SMILES string of the molecule is OCCN(CC(F)F)c1ncc(Cl)cc1Br. The highest BCUT2D eigenvalue weighted by molar-refractivity contribution is 9.10. The summed E-state index contributed by atoms with van der Waals surface area (Å²) in [4.78, 5) is 5.25. The first-order valence-corrected chi connectivity index (χ1v) is 5.66. The first-order chi connectivity index (χ1) is 7.54. The van der Waals surface area contributed by atoms with E-state index in [1.54, 1.807) is 6.07 Å². The van der Waals surface area contributed by atoms with Crippen molar-refractivity contribution in [3.8, 4) is 0 Å². The molecule has 1 N–H and O–H groups in total. The van der Waals surface area contributed by atoms with Gasteiger partial charge in [-0.2, -0.15) is 0 Å². The van der Waals surface area contributed by atoms with Crippen LogP contribution in [-0.4, -0.2) is 36.2 Å². The molecule has 0 spiro atoms. The maximum atomic E-state index is 12.3. The summed E-state index contributed by atoms with van der Waals surface area (Å²) in [7, 11) is 0. The summed E-state index contributed by atoms with van der Waals surface area (Å²) >= 11 is 8.89. The molecule has 1 aromatic heterocycles. The Morgan fingerprint density at radius 1 is 1.56 bits per heavy atom. The summed E-state index contributed by atoms with van der Waals surface area (Å²) in [5, 5.41) is 9.21. The molecule has 0 radical (unpaired) electrons. The third-order valence-corrected chi connectivity index (χ3v) is 2.61. The lowest BCUT2D eigenvalue weighted by molar-refractivity contribution is 0.152. The van der Waals surface area contributed by atoms with Crippen molar-refractivity contribution in [2.45, 2.75) is 6.43 Å². The van der Waals surface area contributed by atoms with Gasteiger partial charge in [0.1, 0.15) is 5.82 Å². The molecule has 3 nitrogen and oxygen atoms in total. The topological polar surface area (TPSA) is 36.4 Å². The first-order valence-electron chi connectivity index (χ1n) is 4.49. The number of anilines is 1. The molecule has 0 fully saturated rings. The van der Waals surface area contributed by atoms with E-state index in [-0.39, 0.29) is 13.2 Å². The van der Waals surface area contributed by atoms with Gasteiger partial charge in [-0.25, -0.2) is 13.8 Å². The molecular formula is C9H10BrClF2N2O. The van der Waals surface area contributed by atoms with Crippen molar-refractivity contribution in [3.05, 3.63) is 21.8 Å². The number of hydrogen-bond acceptors (Lipinski definition) is 3. The molecule has 7 heteroatoms. The van der Waals surface area contributed by atoms with E-state index >= 15 is 0 Å². The molecular weight excluding hydrogens is 305 g/mol. The summed E-state index contributed by atoms with van der Waals surface area (Å²) in [6.07, 6.45) is -1.12. The summed E-state index contributed by atoms with van der Waals surface area (Å²) in [6, 6.07) is 1.57. The number of nitrogens with zero attached hydrogens (tertiary/aromatic N) is 2. The van der Waals surface area contributed by atoms with Crippen LogP contribution in [0.3, 0.4) is 0 Å². The van der Waals surface area contributed by atoms with Crippen molar-refractivity contribution in [2.75, 3.05) is 24.6 Å². The van der Waals surface area contributed by atoms with Crippen molar-refractivity contribution in [2.24, 2.45) is 0 Å². The standard InChI is InChI=1S/C9H10BrClF2N2O/c10-7-3-6(11)4-14-9(7)15(1-2-16)5-8(12)13/h3-4,8,16H,1-2,5H2. The monoisotopic (exact) mass is 314 g/mol. The summed E-state index contributed by atoms with van der Waals surface area (Å²) in [6.45, 7) is -0.602. The van der Waals surface area contributed by atoms with E-state index in [0.717, 1.165) is 0 Å². The molecule has 16 heavy (non-hydrogen) atoms. The van der Waals surface area contributed by atoms with Gasteiger partial charge in [0.25, 0.3) is 6.43 Å². The van der Waals surface area contributed by atoms with E-state index in [1.165, 1.54) is 11.1 Å². The average molecular weight is 316 g/mol. The normalized spacial score (nSPS) is 10.9. The zero-order valence-electron chi connectivity index (χ0n) is 8.21. The Balaban J connectivity index is 2.91. The van der Waals surface area contributed by atoms with Crippen LogP contribution in [0.5, 0.6) is 0 Å². The lowest BCUT2D eigenvalue weighted by atomic mass is 10.4. The molecule has 0 unspecified atom stereocenters. The molecule has 1 rings (SSSR count). The Morgan fingerprint density at radius 3 is 2.75 bits per heavy atom. The highest BCUT2D eigenvalue weighted by Crippen LogP contribution is 2.26. The number of pyridine rings is 1. The van der Waals surface area contributed by atoms with Gasteiger partial charge in [0.2, 0.25) is 0 Å². The fraction of sp³-hybridized carbons (Fsp3) is 0.444. The molecule has 0 aliphatic carbocycles. The zero-order chi connectivity index (χ0) is 12.1. The van der Waals surface area contributed by atoms with Gasteiger partial charge in [0.15, 0.2) is 0 Å². The molecule has 0 amide bonds. The van der Waals surface area contributed by atoms with E-state index in [1.807, 2.05) is 0 Å². The average Bonchev–Trinajstić information content (AvgIpc) is 2.16. The van der Waals surface area contributed by atoms with Crippen molar-refractivity contribution >= 4 is 33.3 Å². The molecule has 0 bridgehead atoms. The minimum atomic E-state index is -2.49. The smallest absolute Gasteiger partial charge is 0.255 e. The van der Waals surface area contributed by atoms with Crippen molar-refractivity contribution in [1.29, 1.82) is 0 Å². The van der Waals surface area contributed by atoms with Crippen LogP contribution in [0.2, 0.25) is 5.02 Å². The van der Waals surface area contributed by atoms with Crippen LogP contribution in [0.1, 0.15) is 0 Å². The van der Waals surface area contributed by atoms with Crippen LogP contribution < -0.4 is 4.90 Å². The Bertz CT molecular complexity index is 354. The highest BCUT2D eigenvalue weighted by Gasteiger charge is 2.16. The second-order valence-corrected chi connectivity index (χ2v) is 4.31. The van der Waals surface area contributed by atoms with E-state index in [9.17, 15) is 8.78 Å². The molecule has 1 aromatic rings. The molecule has 0 atom stereocenters. The second kappa shape index (κ2) is 6.32. The van der Waals surface area contributed by atoms with Gasteiger partial charge in [0.05, 0.1) is 22.6 Å². The summed E-state index contributed by atoms with van der Waals surface area (Å²) in [5.41, 5.74) is 0. The quantitative estimate of drug-likeness (QED) is 0.907. The lowest BCUT2D eigenvalue weighted by Crippen LogP contribution is -2.32. The largest absolute Gasteiger partial charge is 0.395 e. The van der Waals surface area contributed by atoms with Crippen molar-refractivity contribution < 1.29 is 13.9 Å². The van der Waals surface area contributed by atoms with Gasteiger partial charge in [-0.05, 0) is 22.0 Å². The van der Waals surface area contributed by atoms with E-state index in [2.05, 4.69) is 20.9 Å². The molecule has 1 heterocycles. The van der Waals surface area contributed by atoms with Crippen LogP contribution in [-0.2, 0) is 0 Å². The van der Waals surface area contributed by atoms with Gasteiger partial charge in [0, 0.05) is 12.7 Å². The minimum absolute atomic E-state index is 0.0948. The molecule has 90 valence electrons. The predicted molar refractivity (Wildman–Crippen MR) is 62.2 cm³/mol. The number of hydrogen-bond donors (Lipinski definition) is 1. The maximum Gasteiger partial charge on any atom is 0.255 e. The zero-order valence-corrected chi connectivity index (χ0v) is 10.5. The fourth-order valence-electron chi connectivity index (χ4n) is 1.21. The maximum absolute atomic E-state index is 12.3. The third kappa shape index (κ3) is 3.84. The lowest BCUT2D eigenvalue weighted by Gasteiger charge is -2.23. The Hall–Kier alpha value is -0.460. The number of halogens is 4. The fourth-order valence-corrected chi connectivity index (χ4v) is 2.10. The second-order valence-electron chi connectivity index (χ2n) is 3.02. The van der Waals surface area contributed by atoms with Crippen LogP contribution >= 0.6 is 27.5 Å².